The van der Waals surface area contributed by atoms with E-state index in [0.717, 1.165) is 32.7 Å². The standard InChI is InChI=1S/C15H34N2O2/c1-8-13(2)17(9-10-18-6)14(12-19-7)11-16-15(3,4)5/h13-14,16H,8-12H2,1-7H3. The van der Waals surface area contributed by atoms with E-state index in [2.05, 4.69) is 44.8 Å². The van der Waals surface area contributed by atoms with Crippen LogP contribution in [0, 0.1) is 0 Å². The van der Waals surface area contributed by atoms with Gasteiger partial charge >= 0.3 is 0 Å². The lowest BCUT2D eigenvalue weighted by Crippen LogP contribution is -2.53. The van der Waals surface area contributed by atoms with Crippen molar-refractivity contribution in [3.63, 3.8) is 0 Å². The summed E-state index contributed by atoms with van der Waals surface area (Å²) in [6.45, 7) is 14.5. The normalized spacial score (nSPS) is 15.8. The van der Waals surface area contributed by atoms with Gasteiger partial charge in [-0.15, -0.1) is 0 Å². The molecule has 2 atom stereocenters. The number of nitrogens with one attached hydrogen (secondary N) is 1. The molecule has 0 aliphatic heterocycles. The molecule has 0 rings (SSSR count). The molecule has 0 aliphatic rings. The number of nitrogens with zero attached hydrogens (tertiary/aromatic N) is 1. The van der Waals surface area contributed by atoms with Gasteiger partial charge in [-0.1, -0.05) is 6.92 Å². The molecule has 0 aromatic carbocycles. The van der Waals surface area contributed by atoms with E-state index in [1.54, 1.807) is 14.2 Å². The maximum atomic E-state index is 5.40. The first kappa shape index (κ1) is 18.8. The Hall–Kier alpha value is -0.160. The zero-order valence-electron chi connectivity index (χ0n) is 14.0. The SMILES string of the molecule is CCC(C)N(CCOC)C(CNC(C)(C)C)COC. The van der Waals surface area contributed by atoms with Crippen molar-refractivity contribution in [1.82, 2.24) is 10.2 Å². The second-order valence-corrected chi connectivity index (χ2v) is 6.23. The fraction of sp³-hybridized carbons (Fsp3) is 1.00. The summed E-state index contributed by atoms with van der Waals surface area (Å²) in [5, 5.41) is 3.58. The van der Waals surface area contributed by atoms with E-state index in [1.807, 2.05) is 0 Å². The molecule has 0 aromatic rings. The average molecular weight is 274 g/mol. The van der Waals surface area contributed by atoms with Crippen LogP contribution in [0.2, 0.25) is 0 Å². The Kier molecular flexibility index (Phi) is 9.62. The van der Waals surface area contributed by atoms with Gasteiger partial charge in [0.25, 0.3) is 0 Å². The summed E-state index contributed by atoms with van der Waals surface area (Å²) in [4.78, 5) is 2.49. The lowest BCUT2D eigenvalue weighted by molar-refractivity contribution is 0.0403. The summed E-state index contributed by atoms with van der Waals surface area (Å²) in [7, 11) is 3.53. The van der Waals surface area contributed by atoms with Gasteiger partial charge in [0.15, 0.2) is 0 Å². The number of ether oxygens (including phenoxy) is 2. The molecule has 0 bridgehead atoms. The fourth-order valence-corrected chi connectivity index (χ4v) is 2.08. The van der Waals surface area contributed by atoms with Crippen molar-refractivity contribution in [3.8, 4) is 0 Å². The van der Waals surface area contributed by atoms with E-state index in [-0.39, 0.29) is 5.54 Å². The highest BCUT2D eigenvalue weighted by molar-refractivity contribution is 4.81. The number of methoxy groups -OCH3 is 2. The monoisotopic (exact) mass is 274 g/mol. The van der Waals surface area contributed by atoms with Crippen LogP contribution in [-0.4, -0.2) is 63.0 Å². The summed E-state index contributed by atoms with van der Waals surface area (Å²) in [6, 6.07) is 0.923. The predicted octanol–water partition coefficient (Wildman–Crippen LogP) is 2.14. The Morgan fingerprint density at radius 2 is 1.79 bits per heavy atom. The van der Waals surface area contributed by atoms with Crippen LogP contribution in [0.3, 0.4) is 0 Å². The molecule has 0 saturated carbocycles. The van der Waals surface area contributed by atoms with Gasteiger partial charge in [-0.25, -0.2) is 0 Å². The van der Waals surface area contributed by atoms with Crippen LogP contribution < -0.4 is 5.32 Å². The van der Waals surface area contributed by atoms with Crippen LogP contribution in [0.4, 0.5) is 0 Å². The molecule has 2 unspecified atom stereocenters. The minimum atomic E-state index is 0.133. The van der Waals surface area contributed by atoms with Gasteiger partial charge in [-0.2, -0.15) is 0 Å². The highest BCUT2D eigenvalue weighted by atomic mass is 16.5. The zero-order valence-corrected chi connectivity index (χ0v) is 14.0. The number of rotatable bonds is 10. The van der Waals surface area contributed by atoms with Gasteiger partial charge < -0.3 is 14.8 Å². The summed E-state index contributed by atoms with van der Waals surface area (Å²) in [5.41, 5.74) is 0.133. The van der Waals surface area contributed by atoms with Crippen molar-refractivity contribution < 1.29 is 9.47 Å². The molecule has 0 fully saturated rings. The minimum absolute atomic E-state index is 0.133. The van der Waals surface area contributed by atoms with Gasteiger partial charge in [0.1, 0.15) is 0 Å². The van der Waals surface area contributed by atoms with E-state index < -0.39 is 0 Å². The molecule has 1 N–H and O–H groups in total. The third-order valence-corrected chi connectivity index (χ3v) is 3.41. The van der Waals surface area contributed by atoms with E-state index in [9.17, 15) is 0 Å². The van der Waals surface area contributed by atoms with E-state index >= 15 is 0 Å². The Bertz CT molecular complexity index is 217. The Balaban J connectivity index is 4.63. The number of hydrogen-bond donors (Lipinski definition) is 1. The van der Waals surface area contributed by atoms with Crippen LogP contribution >= 0.6 is 0 Å². The molecular weight excluding hydrogens is 240 g/mol. The maximum Gasteiger partial charge on any atom is 0.0630 e. The van der Waals surface area contributed by atoms with Crippen molar-refractivity contribution in [3.05, 3.63) is 0 Å². The lowest BCUT2D eigenvalue weighted by atomic mass is 10.1. The molecule has 0 aromatic heterocycles. The molecule has 116 valence electrons. The summed E-state index contributed by atoms with van der Waals surface area (Å²) < 4.78 is 10.6. The summed E-state index contributed by atoms with van der Waals surface area (Å²) in [5.74, 6) is 0. The molecule has 0 heterocycles. The third-order valence-electron chi connectivity index (χ3n) is 3.41. The molecule has 0 amide bonds. The second kappa shape index (κ2) is 9.70. The maximum absolute atomic E-state index is 5.40. The summed E-state index contributed by atoms with van der Waals surface area (Å²) >= 11 is 0. The van der Waals surface area contributed by atoms with Crippen LogP contribution in [0.15, 0.2) is 0 Å². The highest BCUT2D eigenvalue weighted by Gasteiger charge is 2.23. The van der Waals surface area contributed by atoms with E-state index in [1.165, 1.54) is 0 Å². The van der Waals surface area contributed by atoms with Gasteiger partial charge in [0.2, 0.25) is 0 Å². The first-order valence-corrected chi connectivity index (χ1v) is 7.34. The second-order valence-electron chi connectivity index (χ2n) is 6.23. The topological polar surface area (TPSA) is 33.7 Å². The smallest absolute Gasteiger partial charge is 0.0630 e. The largest absolute Gasteiger partial charge is 0.383 e. The van der Waals surface area contributed by atoms with E-state index in [4.69, 9.17) is 9.47 Å². The fourth-order valence-electron chi connectivity index (χ4n) is 2.08. The molecule has 0 aliphatic carbocycles. The first-order valence-electron chi connectivity index (χ1n) is 7.34. The summed E-state index contributed by atoms with van der Waals surface area (Å²) in [6.07, 6.45) is 1.14. The molecule has 19 heavy (non-hydrogen) atoms. The molecule has 4 nitrogen and oxygen atoms in total. The van der Waals surface area contributed by atoms with Crippen molar-refractivity contribution in [1.29, 1.82) is 0 Å². The lowest BCUT2D eigenvalue weighted by Gasteiger charge is -2.37. The third kappa shape index (κ3) is 8.58. The molecular formula is C15H34N2O2. The number of hydrogen-bond acceptors (Lipinski definition) is 4. The quantitative estimate of drug-likeness (QED) is 0.662. The Labute approximate surface area is 119 Å². The molecule has 0 spiro atoms. The van der Waals surface area contributed by atoms with Crippen LogP contribution in [-0.2, 0) is 9.47 Å². The first-order chi connectivity index (χ1) is 8.85. The van der Waals surface area contributed by atoms with Crippen molar-refractivity contribution in [2.75, 3.05) is 40.5 Å². The van der Waals surface area contributed by atoms with Crippen molar-refractivity contribution >= 4 is 0 Å². The van der Waals surface area contributed by atoms with Gasteiger partial charge in [0.05, 0.1) is 13.2 Å². The molecule has 4 heteroatoms. The zero-order chi connectivity index (χ0) is 14.9. The van der Waals surface area contributed by atoms with Crippen LogP contribution in [0.1, 0.15) is 41.0 Å². The highest BCUT2D eigenvalue weighted by Crippen LogP contribution is 2.10. The van der Waals surface area contributed by atoms with Crippen molar-refractivity contribution in [2.24, 2.45) is 0 Å². The Morgan fingerprint density at radius 1 is 1.16 bits per heavy atom. The minimum Gasteiger partial charge on any atom is -0.383 e. The average Bonchev–Trinajstić information content (AvgIpc) is 2.34. The van der Waals surface area contributed by atoms with Crippen LogP contribution in [0.5, 0.6) is 0 Å². The molecule has 0 saturated heterocycles. The molecule has 0 radical (unpaired) electrons. The Morgan fingerprint density at radius 3 is 2.21 bits per heavy atom. The van der Waals surface area contributed by atoms with Gasteiger partial charge in [-0.05, 0) is 34.1 Å². The predicted molar refractivity (Wildman–Crippen MR) is 81.8 cm³/mol. The van der Waals surface area contributed by atoms with Crippen LogP contribution in [0.25, 0.3) is 0 Å². The van der Waals surface area contributed by atoms with Gasteiger partial charge in [0, 0.05) is 44.9 Å². The van der Waals surface area contributed by atoms with Crippen molar-refractivity contribution in [2.45, 2.75) is 58.7 Å². The van der Waals surface area contributed by atoms with E-state index in [0.29, 0.717) is 12.1 Å². The van der Waals surface area contributed by atoms with Gasteiger partial charge in [-0.3, -0.25) is 4.90 Å².